The van der Waals surface area contributed by atoms with E-state index >= 15 is 0 Å². The molecule has 1 heterocycles. The van der Waals surface area contributed by atoms with Crippen molar-refractivity contribution in [2.45, 2.75) is 44.4 Å². The van der Waals surface area contributed by atoms with Crippen molar-refractivity contribution in [3.63, 3.8) is 0 Å². The monoisotopic (exact) mass is 502 g/mol. The maximum Gasteiger partial charge on any atom is 0.258 e. The summed E-state index contributed by atoms with van der Waals surface area (Å²) >= 11 is 6.26. The number of rotatable bonds is 3. The minimum atomic E-state index is -0.723. The Morgan fingerprint density at radius 1 is 0.944 bits per heavy atom. The quantitative estimate of drug-likeness (QED) is 0.447. The van der Waals surface area contributed by atoms with Crippen LogP contribution in [0.3, 0.4) is 0 Å². The molecule has 1 N–H and O–H groups in total. The van der Waals surface area contributed by atoms with Gasteiger partial charge in [-0.05, 0) is 48.7 Å². The van der Waals surface area contributed by atoms with Crippen LogP contribution < -0.4 is 10.1 Å². The molecule has 3 aromatic rings. The van der Waals surface area contributed by atoms with Crippen molar-refractivity contribution in [2.24, 2.45) is 0 Å². The maximum atomic E-state index is 13.8. The topological polar surface area (TPSA) is 58.6 Å². The van der Waals surface area contributed by atoms with Crippen molar-refractivity contribution < 1.29 is 14.3 Å². The third-order valence-corrected chi connectivity index (χ3v) is 6.62. The summed E-state index contributed by atoms with van der Waals surface area (Å²) < 4.78 is 6.15. The van der Waals surface area contributed by atoms with E-state index in [1.807, 2.05) is 73.7 Å². The van der Waals surface area contributed by atoms with Crippen LogP contribution in [0.1, 0.15) is 47.3 Å². The lowest BCUT2D eigenvalue weighted by Gasteiger charge is -2.30. The minimum absolute atomic E-state index is 0.122. The summed E-state index contributed by atoms with van der Waals surface area (Å²) in [6.45, 7) is 1.98. The number of likely N-dealkylation sites (N-methyl/N-ethyl adjacent to an activating group) is 1. The minimum Gasteiger partial charge on any atom is -0.490 e. The number of hydrogen-bond acceptors (Lipinski definition) is 3. The summed E-state index contributed by atoms with van der Waals surface area (Å²) in [5.74, 6) is 0.0284. The molecule has 0 aliphatic carbocycles. The van der Waals surface area contributed by atoms with Gasteiger partial charge in [-0.25, -0.2) is 0 Å². The highest BCUT2D eigenvalue weighted by atomic mass is 35.5. The van der Waals surface area contributed by atoms with Gasteiger partial charge in [0.1, 0.15) is 11.8 Å². The number of benzene rings is 3. The molecule has 0 radical (unpaired) electrons. The number of carbonyl (C=O) groups excluding carboxylic acids is 2. The molecule has 0 saturated carbocycles. The molecule has 1 aliphatic heterocycles. The average Bonchev–Trinajstić information content (AvgIpc) is 2.88. The van der Waals surface area contributed by atoms with Crippen LogP contribution in [0.4, 0.5) is 0 Å². The first-order chi connectivity index (χ1) is 17.4. The van der Waals surface area contributed by atoms with E-state index in [1.54, 1.807) is 19.2 Å². The molecule has 5 nitrogen and oxygen atoms in total. The van der Waals surface area contributed by atoms with Crippen molar-refractivity contribution in [1.82, 2.24) is 10.2 Å². The van der Waals surface area contributed by atoms with E-state index in [0.717, 1.165) is 11.1 Å². The molecular weight excluding hydrogens is 472 g/mol. The van der Waals surface area contributed by atoms with Gasteiger partial charge in [0.2, 0.25) is 5.91 Å². The number of carbonyl (C=O) groups is 2. The van der Waals surface area contributed by atoms with Gasteiger partial charge in [0.25, 0.3) is 5.91 Å². The van der Waals surface area contributed by atoms with E-state index in [9.17, 15) is 9.59 Å². The van der Waals surface area contributed by atoms with Crippen molar-refractivity contribution in [3.8, 4) is 5.75 Å². The van der Waals surface area contributed by atoms with Gasteiger partial charge >= 0.3 is 0 Å². The molecular formula is C30H31ClN2O3. The van der Waals surface area contributed by atoms with Crippen molar-refractivity contribution in [1.29, 1.82) is 0 Å². The van der Waals surface area contributed by atoms with Crippen molar-refractivity contribution in [2.75, 3.05) is 7.05 Å². The van der Waals surface area contributed by atoms with Gasteiger partial charge in [-0.2, -0.15) is 0 Å². The normalized spacial score (nSPS) is 22.1. The molecule has 6 heteroatoms. The zero-order valence-corrected chi connectivity index (χ0v) is 21.3. The second kappa shape index (κ2) is 11.9. The molecule has 0 bridgehead atoms. The van der Waals surface area contributed by atoms with Gasteiger partial charge in [-0.15, -0.1) is 0 Å². The number of hydrogen-bond donors (Lipinski definition) is 1. The summed E-state index contributed by atoms with van der Waals surface area (Å²) in [4.78, 5) is 29.0. The van der Waals surface area contributed by atoms with Gasteiger partial charge < -0.3 is 15.0 Å². The molecule has 0 fully saturated rings. The lowest BCUT2D eigenvalue weighted by Crippen LogP contribution is -2.49. The first-order valence-electron chi connectivity index (χ1n) is 12.2. The fourth-order valence-corrected chi connectivity index (χ4v) is 4.57. The molecule has 2 amide bonds. The van der Waals surface area contributed by atoms with E-state index in [-0.39, 0.29) is 24.0 Å². The zero-order valence-electron chi connectivity index (χ0n) is 20.6. The van der Waals surface area contributed by atoms with Crippen LogP contribution in [0.5, 0.6) is 5.75 Å². The number of halogens is 1. The average molecular weight is 503 g/mol. The Morgan fingerprint density at radius 2 is 1.67 bits per heavy atom. The van der Waals surface area contributed by atoms with Gasteiger partial charge in [-0.1, -0.05) is 78.4 Å². The standard InChI is InChI=1S/C30H31ClN2O3/c1-21-11-6-8-17-26(23-14-10-15-24(31)20-23)32-29(34)27(19-22-12-4-3-5-13-22)33(2)30(35)25-16-7-9-18-28(25)36-21/h3-10,12-16,18,20-21,26-27H,11,17,19H2,1-2H3,(H,32,34)/b8-6+/t21-,26-,27-/m1/s1. The zero-order chi connectivity index (χ0) is 25.5. The highest BCUT2D eigenvalue weighted by Gasteiger charge is 2.31. The lowest BCUT2D eigenvalue weighted by molar-refractivity contribution is -0.126. The number of fused-ring (bicyclic) bond motifs is 1. The van der Waals surface area contributed by atoms with Gasteiger partial charge in [-0.3, -0.25) is 9.59 Å². The van der Waals surface area contributed by atoms with E-state index in [1.165, 1.54) is 4.90 Å². The van der Waals surface area contributed by atoms with Gasteiger partial charge in [0, 0.05) is 24.9 Å². The number of amides is 2. The number of nitrogens with zero attached hydrogens (tertiary/aromatic N) is 1. The Morgan fingerprint density at radius 3 is 2.44 bits per heavy atom. The Labute approximate surface area is 217 Å². The summed E-state index contributed by atoms with van der Waals surface area (Å²) in [5, 5.41) is 3.81. The Bertz CT molecular complexity index is 1230. The van der Waals surface area contributed by atoms with Crippen LogP contribution >= 0.6 is 11.6 Å². The predicted octanol–water partition coefficient (Wildman–Crippen LogP) is 6.00. The molecule has 3 aromatic carbocycles. The first-order valence-corrected chi connectivity index (χ1v) is 12.6. The molecule has 4 rings (SSSR count). The fraction of sp³-hybridized carbons (Fsp3) is 0.267. The Balaban J connectivity index is 1.73. The summed E-state index contributed by atoms with van der Waals surface area (Å²) in [6.07, 6.45) is 5.63. The van der Waals surface area contributed by atoms with E-state index < -0.39 is 6.04 Å². The summed E-state index contributed by atoms with van der Waals surface area (Å²) in [6, 6.07) is 23.4. The SMILES string of the molecule is C[C@@H]1C/C=C/C[C@H](c2cccc(Cl)c2)NC(=O)[C@@H](Cc2ccccc2)N(C)C(=O)c2ccccc2O1. The van der Waals surface area contributed by atoms with Crippen LogP contribution in [0, 0.1) is 0 Å². The second-order valence-electron chi connectivity index (χ2n) is 9.11. The van der Waals surface area contributed by atoms with E-state index in [4.69, 9.17) is 16.3 Å². The molecule has 0 saturated heterocycles. The number of para-hydroxylation sites is 1. The molecule has 0 aromatic heterocycles. The molecule has 3 atom stereocenters. The third-order valence-electron chi connectivity index (χ3n) is 6.38. The van der Waals surface area contributed by atoms with Gasteiger partial charge in [0.15, 0.2) is 0 Å². The Hall–Kier alpha value is -3.57. The predicted molar refractivity (Wildman–Crippen MR) is 143 cm³/mol. The summed E-state index contributed by atoms with van der Waals surface area (Å²) in [5.41, 5.74) is 2.32. The van der Waals surface area contributed by atoms with Crippen LogP contribution in [0.25, 0.3) is 0 Å². The largest absolute Gasteiger partial charge is 0.490 e. The van der Waals surface area contributed by atoms with E-state index in [0.29, 0.717) is 35.6 Å². The fourth-order valence-electron chi connectivity index (χ4n) is 4.38. The Kier molecular flexibility index (Phi) is 8.44. The maximum absolute atomic E-state index is 13.8. The van der Waals surface area contributed by atoms with Crippen LogP contribution in [0.15, 0.2) is 91.0 Å². The molecule has 1 aliphatic rings. The van der Waals surface area contributed by atoms with Crippen LogP contribution in [0.2, 0.25) is 5.02 Å². The number of nitrogens with one attached hydrogen (secondary N) is 1. The molecule has 36 heavy (non-hydrogen) atoms. The number of ether oxygens (including phenoxy) is 1. The van der Waals surface area contributed by atoms with Crippen molar-refractivity contribution in [3.05, 3.63) is 113 Å². The van der Waals surface area contributed by atoms with Gasteiger partial charge in [0.05, 0.1) is 17.7 Å². The summed E-state index contributed by atoms with van der Waals surface area (Å²) in [7, 11) is 1.68. The molecule has 186 valence electrons. The van der Waals surface area contributed by atoms with Crippen LogP contribution in [-0.4, -0.2) is 35.9 Å². The molecule has 0 spiro atoms. The lowest BCUT2D eigenvalue weighted by atomic mass is 9.99. The third kappa shape index (κ3) is 6.35. The van der Waals surface area contributed by atoms with E-state index in [2.05, 4.69) is 17.5 Å². The van der Waals surface area contributed by atoms with Crippen LogP contribution in [-0.2, 0) is 11.2 Å². The molecule has 0 unspecified atom stereocenters. The van der Waals surface area contributed by atoms with Crippen molar-refractivity contribution >= 4 is 23.4 Å². The first kappa shape index (κ1) is 25.5. The second-order valence-corrected chi connectivity index (χ2v) is 9.54. The highest BCUT2D eigenvalue weighted by Crippen LogP contribution is 2.26. The highest BCUT2D eigenvalue weighted by molar-refractivity contribution is 6.30. The smallest absolute Gasteiger partial charge is 0.258 e.